The van der Waals surface area contributed by atoms with Crippen LogP contribution in [-0.2, 0) is 14.6 Å². The number of benzene rings is 1. The number of pyridine rings is 1. The number of nitriles is 1. The third kappa shape index (κ3) is 8.37. The van der Waals surface area contributed by atoms with Crippen LogP contribution in [-0.4, -0.2) is 42.4 Å². The SMILES string of the molecule is CC(C)CC(C)C(C)(C)C(=O)SCCS(=O)(=O)CCOc1cc2cc(-c3ccc(C#N)cc3)c(=S)oc2cn1. The zero-order valence-electron chi connectivity index (χ0n) is 22.9. The van der Waals surface area contributed by atoms with Crippen molar-refractivity contribution < 1.29 is 22.4 Å². The Hall–Kier alpha value is -2.74. The number of nitrogens with zero attached hydrogens (tertiary/aromatic N) is 2. The number of carbonyl (C=O) groups excluding carboxylic acids is 1. The van der Waals surface area contributed by atoms with Crippen molar-refractivity contribution in [3.8, 4) is 23.1 Å². The van der Waals surface area contributed by atoms with Gasteiger partial charge in [-0.2, -0.15) is 5.26 Å². The molecular weight excluding hydrogens is 553 g/mol. The summed E-state index contributed by atoms with van der Waals surface area (Å²) in [5, 5.41) is 9.74. The highest BCUT2D eigenvalue weighted by molar-refractivity contribution is 8.14. The molecular formula is C29H34N2O5S3. The van der Waals surface area contributed by atoms with Gasteiger partial charge in [0, 0.05) is 28.2 Å². The van der Waals surface area contributed by atoms with Gasteiger partial charge < -0.3 is 9.15 Å². The van der Waals surface area contributed by atoms with Crippen molar-refractivity contribution in [1.82, 2.24) is 4.98 Å². The smallest absolute Gasteiger partial charge is 0.214 e. The van der Waals surface area contributed by atoms with Gasteiger partial charge in [0.2, 0.25) is 5.88 Å². The molecule has 3 aromatic rings. The number of fused-ring (bicyclic) bond motifs is 1. The van der Waals surface area contributed by atoms with E-state index >= 15 is 0 Å². The van der Waals surface area contributed by atoms with Crippen LogP contribution in [0.2, 0.25) is 0 Å². The summed E-state index contributed by atoms with van der Waals surface area (Å²) < 4.78 is 36.8. The maximum Gasteiger partial charge on any atom is 0.214 e. The van der Waals surface area contributed by atoms with E-state index in [0.29, 0.717) is 32.7 Å². The average molecular weight is 587 g/mol. The Labute approximate surface area is 239 Å². The lowest BCUT2D eigenvalue weighted by molar-refractivity contribution is -0.120. The predicted molar refractivity (Wildman–Crippen MR) is 159 cm³/mol. The molecule has 7 nitrogen and oxygen atoms in total. The second-order valence-electron chi connectivity index (χ2n) is 10.6. The topological polar surface area (TPSA) is 110 Å². The van der Waals surface area contributed by atoms with Gasteiger partial charge in [-0.05, 0) is 54.2 Å². The largest absolute Gasteiger partial charge is 0.477 e. The first kappa shape index (κ1) is 30.8. The summed E-state index contributed by atoms with van der Waals surface area (Å²) in [6.45, 7) is 10.1. The summed E-state index contributed by atoms with van der Waals surface area (Å²) >= 11 is 6.48. The number of hydrogen-bond donors (Lipinski definition) is 0. The van der Waals surface area contributed by atoms with Gasteiger partial charge in [-0.25, -0.2) is 13.4 Å². The van der Waals surface area contributed by atoms with Gasteiger partial charge in [0.25, 0.3) is 0 Å². The van der Waals surface area contributed by atoms with Gasteiger partial charge in [-0.3, -0.25) is 4.79 Å². The second-order valence-corrected chi connectivity index (χ2v) is 14.3. The highest BCUT2D eigenvalue weighted by Gasteiger charge is 2.34. The third-order valence-corrected chi connectivity index (χ3v) is 10.1. The van der Waals surface area contributed by atoms with E-state index in [2.05, 4.69) is 31.8 Å². The molecule has 0 spiro atoms. The van der Waals surface area contributed by atoms with Crippen LogP contribution in [0.5, 0.6) is 5.88 Å². The van der Waals surface area contributed by atoms with E-state index in [0.717, 1.165) is 23.7 Å². The average Bonchev–Trinajstić information content (AvgIpc) is 2.87. The van der Waals surface area contributed by atoms with Crippen molar-refractivity contribution in [3.63, 3.8) is 0 Å². The zero-order valence-corrected chi connectivity index (χ0v) is 25.3. The molecule has 2 heterocycles. The molecule has 39 heavy (non-hydrogen) atoms. The Morgan fingerprint density at radius 2 is 1.87 bits per heavy atom. The fourth-order valence-electron chi connectivity index (χ4n) is 4.04. The molecule has 0 fully saturated rings. The Kier molecular flexibility index (Phi) is 10.3. The van der Waals surface area contributed by atoms with Crippen molar-refractivity contribution in [2.24, 2.45) is 17.3 Å². The highest BCUT2D eigenvalue weighted by Crippen LogP contribution is 2.36. The van der Waals surface area contributed by atoms with E-state index in [1.165, 1.54) is 6.20 Å². The van der Waals surface area contributed by atoms with Gasteiger partial charge >= 0.3 is 0 Å². The summed E-state index contributed by atoms with van der Waals surface area (Å²) in [5.74, 6) is 0.911. The van der Waals surface area contributed by atoms with E-state index in [1.807, 2.05) is 19.9 Å². The molecule has 208 valence electrons. The summed E-state index contributed by atoms with van der Waals surface area (Å²) in [7, 11) is -3.41. The number of rotatable bonds is 12. The van der Waals surface area contributed by atoms with E-state index in [1.54, 1.807) is 30.3 Å². The van der Waals surface area contributed by atoms with Crippen LogP contribution in [0.4, 0.5) is 0 Å². The van der Waals surface area contributed by atoms with E-state index in [9.17, 15) is 13.2 Å². The number of aromatic nitrogens is 1. The minimum atomic E-state index is -3.41. The first-order chi connectivity index (χ1) is 18.3. The first-order valence-corrected chi connectivity index (χ1v) is 16.0. The molecule has 0 bridgehead atoms. The summed E-state index contributed by atoms with van der Waals surface area (Å²) in [5.41, 5.74) is 2.01. The Bertz CT molecular complexity index is 1520. The van der Waals surface area contributed by atoms with Crippen LogP contribution in [0.25, 0.3) is 22.1 Å². The Morgan fingerprint density at radius 1 is 1.18 bits per heavy atom. The van der Waals surface area contributed by atoms with Crippen molar-refractivity contribution in [3.05, 3.63) is 52.9 Å². The van der Waals surface area contributed by atoms with Crippen molar-refractivity contribution in [2.45, 2.75) is 41.0 Å². The molecule has 0 saturated heterocycles. The van der Waals surface area contributed by atoms with Gasteiger partial charge in [0.1, 0.15) is 6.61 Å². The normalized spacial score (nSPS) is 12.8. The molecule has 2 aromatic heterocycles. The lowest BCUT2D eigenvalue weighted by Crippen LogP contribution is -2.31. The summed E-state index contributed by atoms with van der Waals surface area (Å²) in [4.78, 5) is 17.0. The molecule has 1 aromatic carbocycles. The van der Waals surface area contributed by atoms with Crippen molar-refractivity contribution in [1.29, 1.82) is 5.26 Å². The first-order valence-electron chi connectivity index (χ1n) is 12.8. The van der Waals surface area contributed by atoms with Gasteiger partial charge in [0.05, 0.1) is 29.3 Å². The number of hydrogen-bond acceptors (Lipinski definition) is 9. The number of sulfone groups is 1. The minimum Gasteiger partial charge on any atom is -0.477 e. The molecule has 3 rings (SSSR count). The van der Waals surface area contributed by atoms with E-state index < -0.39 is 15.3 Å². The molecule has 0 amide bonds. The number of carbonyl (C=O) groups is 1. The molecule has 0 saturated carbocycles. The second kappa shape index (κ2) is 13.1. The van der Waals surface area contributed by atoms with Gasteiger partial charge in [-0.15, -0.1) is 0 Å². The number of thioether (sulfide) groups is 1. The lowest BCUT2D eigenvalue weighted by Gasteiger charge is -2.31. The summed E-state index contributed by atoms with van der Waals surface area (Å²) in [6.07, 6.45) is 2.43. The molecule has 0 aliphatic carbocycles. The van der Waals surface area contributed by atoms with E-state index in [4.69, 9.17) is 26.6 Å². The predicted octanol–water partition coefficient (Wildman–Crippen LogP) is 6.86. The number of ether oxygens (including phenoxy) is 1. The van der Waals surface area contributed by atoms with Crippen LogP contribution in [0.1, 0.15) is 46.6 Å². The minimum absolute atomic E-state index is 0.0236. The fourth-order valence-corrected chi connectivity index (χ4v) is 6.95. The van der Waals surface area contributed by atoms with Gasteiger partial charge in [-0.1, -0.05) is 58.5 Å². The Balaban J connectivity index is 1.57. The Morgan fingerprint density at radius 3 is 2.51 bits per heavy atom. The lowest BCUT2D eigenvalue weighted by atomic mass is 9.77. The van der Waals surface area contributed by atoms with E-state index in [-0.39, 0.29) is 40.8 Å². The maximum absolute atomic E-state index is 12.8. The quantitative estimate of drug-likeness (QED) is 0.210. The standard InChI is InChI=1S/C29H34N2O5S3/c1-19(2)14-20(3)29(4,5)28(32)38-11-13-39(33,34)12-10-35-26-16-23-15-24(27(37)36-25(23)18-31-26)22-8-6-21(17-30)7-9-22/h6-9,15-16,18-20H,10-14H2,1-5H3. The molecule has 10 heteroatoms. The molecule has 1 atom stereocenters. The summed E-state index contributed by atoms with van der Waals surface area (Å²) in [6, 6.07) is 12.6. The molecule has 0 aliphatic heterocycles. The zero-order chi connectivity index (χ0) is 28.8. The van der Waals surface area contributed by atoms with Crippen LogP contribution >= 0.6 is 24.0 Å². The highest BCUT2D eigenvalue weighted by atomic mass is 32.2. The monoisotopic (exact) mass is 586 g/mol. The van der Waals surface area contributed by atoms with Crippen molar-refractivity contribution in [2.75, 3.05) is 23.9 Å². The molecule has 0 radical (unpaired) electrons. The molecule has 0 aliphatic rings. The fraction of sp³-hybridized carbons (Fsp3) is 0.448. The third-order valence-electron chi connectivity index (χ3n) is 6.77. The van der Waals surface area contributed by atoms with Crippen LogP contribution < -0.4 is 4.74 Å². The van der Waals surface area contributed by atoms with Gasteiger partial charge in [0.15, 0.2) is 25.2 Å². The van der Waals surface area contributed by atoms with Crippen LogP contribution in [0, 0.1) is 33.3 Å². The van der Waals surface area contributed by atoms with Crippen molar-refractivity contribution >= 4 is 49.9 Å². The maximum atomic E-state index is 12.8. The molecule has 1 unspecified atom stereocenters. The molecule has 0 N–H and O–H groups in total. The van der Waals surface area contributed by atoms with Crippen LogP contribution in [0.3, 0.4) is 0 Å². The van der Waals surface area contributed by atoms with Crippen LogP contribution in [0.15, 0.2) is 47.0 Å².